The van der Waals surface area contributed by atoms with Gasteiger partial charge in [0.15, 0.2) is 0 Å². The summed E-state index contributed by atoms with van der Waals surface area (Å²) in [6.45, 7) is 0. The van der Waals surface area contributed by atoms with Crippen LogP contribution in [0.15, 0.2) is 66.7 Å². The maximum atomic E-state index is 10.9. The number of carbonyl (C=O) groups excluding carboxylic acids is 1. The van der Waals surface area contributed by atoms with Crippen LogP contribution in [-0.4, -0.2) is 13.0 Å². The molecule has 4 rings (SSSR count). The number of fused-ring (bicyclic) bond motifs is 2. The third-order valence-electron chi connectivity index (χ3n) is 3.60. The second-order valence-electron chi connectivity index (χ2n) is 5.10. The topological polar surface area (TPSA) is 38.3 Å². The van der Waals surface area contributed by atoms with E-state index in [1.54, 1.807) is 7.11 Å². The Labute approximate surface area is 129 Å². The van der Waals surface area contributed by atoms with Crippen LogP contribution < -0.4 is 10.1 Å². The zero-order valence-electron chi connectivity index (χ0n) is 12.4. The van der Waals surface area contributed by atoms with Crippen molar-refractivity contribution in [2.24, 2.45) is 0 Å². The molecule has 0 radical (unpaired) electrons. The molecule has 2 aliphatic carbocycles. The van der Waals surface area contributed by atoms with Gasteiger partial charge in [-0.2, -0.15) is 0 Å². The molecule has 1 aromatic rings. The third kappa shape index (κ3) is 3.09. The highest BCUT2D eigenvalue weighted by Crippen LogP contribution is 2.26. The van der Waals surface area contributed by atoms with Crippen LogP contribution in [0.2, 0.25) is 0 Å². The van der Waals surface area contributed by atoms with Crippen LogP contribution in [0.3, 0.4) is 0 Å². The maximum absolute atomic E-state index is 10.9. The average molecular weight is 291 g/mol. The first-order valence-electron chi connectivity index (χ1n) is 7.17. The quantitative estimate of drug-likeness (QED) is 0.736. The summed E-state index contributed by atoms with van der Waals surface area (Å²) in [6, 6.07) is 22.3. The second-order valence-corrected chi connectivity index (χ2v) is 5.10. The molecule has 3 nitrogen and oxygen atoms in total. The molecule has 1 N–H and O–H groups in total. The van der Waals surface area contributed by atoms with Crippen molar-refractivity contribution < 1.29 is 9.53 Å². The molecule has 0 bridgehead atoms. The Morgan fingerprint density at radius 3 is 2.27 bits per heavy atom. The van der Waals surface area contributed by atoms with Crippen LogP contribution in [0.1, 0.15) is 5.56 Å². The van der Waals surface area contributed by atoms with Gasteiger partial charge in [-0.3, -0.25) is 4.79 Å². The predicted molar refractivity (Wildman–Crippen MR) is 88.4 cm³/mol. The number of hydrogen-bond acceptors (Lipinski definition) is 2. The van der Waals surface area contributed by atoms with Gasteiger partial charge in [0.05, 0.1) is 13.5 Å². The minimum Gasteiger partial charge on any atom is -0.497 e. The number of benzene rings is 1. The van der Waals surface area contributed by atoms with Gasteiger partial charge in [-0.05, 0) is 34.9 Å². The molecule has 1 aromatic carbocycles. The first kappa shape index (κ1) is 14.1. The molecule has 3 aliphatic rings. The summed E-state index contributed by atoms with van der Waals surface area (Å²) in [5.41, 5.74) is 4.54. The van der Waals surface area contributed by atoms with E-state index in [0.29, 0.717) is 6.42 Å². The minimum atomic E-state index is 0.0539. The van der Waals surface area contributed by atoms with Gasteiger partial charge >= 0.3 is 0 Å². The van der Waals surface area contributed by atoms with Gasteiger partial charge in [-0.25, -0.2) is 0 Å². The number of ether oxygens (including phenoxy) is 1. The molecule has 3 heteroatoms. The van der Waals surface area contributed by atoms with Crippen LogP contribution in [0.25, 0.3) is 11.1 Å². The van der Waals surface area contributed by atoms with Gasteiger partial charge in [-0.15, -0.1) is 0 Å². The smallest absolute Gasteiger partial charge is 0.228 e. The van der Waals surface area contributed by atoms with Crippen LogP contribution in [0, 0.1) is 0 Å². The van der Waals surface area contributed by atoms with Gasteiger partial charge in [-0.1, -0.05) is 48.5 Å². The zero-order chi connectivity index (χ0) is 15.4. The highest BCUT2D eigenvalue weighted by molar-refractivity contribution is 5.99. The largest absolute Gasteiger partial charge is 0.497 e. The minimum absolute atomic E-state index is 0.0539. The van der Waals surface area contributed by atoms with E-state index < -0.39 is 0 Å². The summed E-state index contributed by atoms with van der Waals surface area (Å²) >= 11 is 0. The number of carbonyl (C=O) groups is 1. The average Bonchev–Trinajstić information content (AvgIpc) is 3.06. The van der Waals surface area contributed by atoms with Crippen molar-refractivity contribution >= 4 is 11.6 Å². The second kappa shape index (κ2) is 6.31. The molecule has 1 heterocycles. The molecule has 0 saturated carbocycles. The molecule has 0 saturated heterocycles. The molecule has 0 atom stereocenters. The van der Waals surface area contributed by atoms with E-state index in [4.69, 9.17) is 4.74 Å². The molecule has 0 unspecified atom stereocenters. The standard InChI is InChI=1S/C10H8.C9H9NO2/c1-2-5-9-7-4-8-10(9)6-3-1;1-12-7-2-3-8-6(4-7)5-9(11)10-8/h1-8H;2-4H,5H2,1H3,(H,10,11). The van der Waals surface area contributed by atoms with E-state index in [1.165, 1.54) is 11.1 Å². The molecule has 0 aromatic heterocycles. The van der Waals surface area contributed by atoms with E-state index in [1.807, 2.05) is 24.3 Å². The fraction of sp³-hybridized carbons (Fsp3) is 0.105. The van der Waals surface area contributed by atoms with Crippen LogP contribution >= 0.6 is 0 Å². The lowest BCUT2D eigenvalue weighted by Gasteiger charge is -2.01. The molecule has 0 spiro atoms. The van der Waals surface area contributed by atoms with Crippen LogP contribution in [0.5, 0.6) is 5.75 Å². The normalized spacial score (nSPS) is 12.1. The van der Waals surface area contributed by atoms with Crippen molar-refractivity contribution in [3.8, 4) is 16.9 Å². The number of nitrogens with one attached hydrogen (secondary N) is 1. The van der Waals surface area contributed by atoms with Gasteiger partial charge in [0.1, 0.15) is 5.75 Å². The summed E-state index contributed by atoms with van der Waals surface area (Å²) in [5.74, 6) is 0.850. The number of hydrogen-bond donors (Lipinski definition) is 1. The monoisotopic (exact) mass is 291 g/mol. The van der Waals surface area contributed by atoms with Gasteiger partial charge < -0.3 is 10.1 Å². The van der Waals surface area contributed by atoms with Crippen LogP contribution in [0.4, 0.5) is 5.69 Å². The number of amides is 1. The Morgan fingerprint density at radius 2 is 1.59 bits per heavy atom. The SMILES string of the molecule is COc1ccc2c(c1)CC(=O)N2.c1ccc2cccc-2cc1. The predicted octanol–water partition coefficient (Wildman–Crippen LogP) is 3.98. The lowest BCUT2D eigenvalue weighted by molar-refractivity contribution is -0.115. The van der Waals surface area contributed by atoms with Crippen molar-refractivity contribution in [1.82, 2.24) is 0 Å². The zero-order valence-corrected chi connectivity index (χ0v) is 12.4. The Morgan fingerprint density at radius 1 is 0.909 bits per heavy atom. The molecular weight excluding hydrogens is 274 g/mol. The Balaban J connectivity index is 0.000000133. The van der Waals surface area contributed by atoms with E-state index in [-0.39, 0.29) is 5.91 Å². The first-order valence-corrected chi connectivity index (χ1v) is 7.17. The molecule has 0 fully saturated rings. The summed E-state index contributed by atoms with van der Waals surface area (Å²) in [6.07, 6.45) is 0.465. The van der Waals surface area contributed by atoms with E-state index in [2.05, 4.69) is 47.8 Å². The number of anilines is 1. The third-order valence-corrected chi connectivity index (χ3v) is 3.60. The van der Waals surface area contributed by atoms with E-state index in [0.717, 1.165) is 17.0 Å². The lowest BCUT2D eigenvalue weighted by atomic mass is 10.1. The summed E-state index contributed by atoms with van der Waals surface area (Å²) in [7, 11) is 1.62. The van der Waals surface area contributed by atoms with Crippen LogP contribution in [-0.2, 0) is 11.2 Å². The first-order chi connectivity index (χ1) is 10.8. The summed E-state index contributed by atoms with van der Waals surface area (Å²) in [5, 5.41) is 2.75. The van der Waals surface area contributed by atoms with Crippen molar-refractivity contribution in [2.45, 2.75) is 6.42 Å². The Kier molecular flexibility index (Phi) is 4.05. The maximum Gasteiger partial charge on any atom is 0.228 e. The Bertz CT molecular complexity index is 739. The fourth-order valence-electron chi connectivity index (χ4n) is 2.47. The molecule has 1 aliphatic heterocycles. The van der Waals surface area contributed by atoms with Gasteiger partial charge in [0.2, 0.25) is 5.91 Å². The van der Waals surface area contributed by atoms with Gasteiger partial charge in [0, 0.05) is 5.69 Å². The fourth-order valence-corrected chi connectivity index (χ4v) is 2.47. The lowest BCUT2D eigenvalue weighted by Crippen LogP contribution is -2.03. The van der Waals surface area contributed by atoms with Crippen molar-refractivity contribution in [3.05, 3.63) is 72.3 Å². The molecule has 110 valence electrons. The van der Waals surface area contributed by atoms with E-state index >= 15 is 0 Å². The molecule has 1 amide bonds. The number of methoxy groups -OCH3 is 1. The van der Waals surface area contributed by atoms with Gasteiger partial charge in [0.25, 0.3) is 0 Å². The van der Waals surface area contributed by atoms with Crippen molar-refractivity contribution in [2.75, 3.05) is 12.4 Å². The van der Waals surface area contributed by atoms with E-state index in [9.17, 15) is 4.79 Å². The summed E-state index contributed by atoms with van der Waals surface area (Å²) < 4.78 is 5.04. The highest BCUT2D eigenvalue weighted by Gasteiger charge is 2.17. The molecular formula is C19H17NO2. The highest BCUT2D eigenvalue weighted by atomic mass is 16.5. The number of rotatable bonds is 1. The summed E-state index contributed by atoms with van der Waals surface area (Å²) in [4.78, 5) is 10.9. The van der Waals surface area contributed by atoms with Crippen molar-refractivity contribution in [3.63, 3.8) is 0 Å². The molecule has 22 heavy (non-hydrogen) atoms. The van der Waals surface area contributed by atoms with Crippen molar-refractivity contribution in [1.29, 1.82) is 0 Å². The Hall–Kier alpha value is -2.81.